The molecule has 1 heterocycles. The largest absolute Gasteiger partial charge is 0.361 e. The third-order valence-electron chi connectivity index (χ3n) is 5.71. The Balaban J connectivity index is 1.40. The number of nitrogens with zero attached hydrogens (tertiary/aromatic N) is 3. The lowest BCUT2D eigenvalue weighted by molar-refractivity contribution is 0.0945. The summed E-state index contributed by atoms with van der Waals surface area (Å²) in [4.78, 5) is 14.2. The summed E-state index contributed by atoms with van der Waals surface area (Å²) in [6.45, 7) is 0.713. The lowest BCUT2D eigenvalue weighted by atomic mass is 9.78. The molecule has 4 rings (SSSR count). The number of hydrogen-bond donors (Lipinski definition) is 1. The van der Waals surface area contributed by atoms with Crippen molar-refractivity contribution in [2.45, 2.75) is 31.1 Å². The van der Waals surface area contributed by atoms with Crippen LogP contribution in [0, 0.1) is 5.92 Å². The zero-order valence-corrected chi connectivity index (χ0v) is 14.8. The van der Waals surface area contributed by atoms with Crippen LogP contribution >= 0.6 is 0 Å². The van der Waals surface area contributed by atoms with Crippen LogP contribution in [0.2, 0.25) is 0 Å². The molecule has 5 heteroatoms. The van der Waals surface area contributed by atoms with Crippen LogP contribution in [0.15, 0.2) is 36.4 Å². The minimum Gasteiger partial charge on any atom is -0.361 e. The quantitative estimate of drug-likeness (QED) is 0.932. The van der Waals surface area contributed by atoms with Crippen molar-refractivity contribution in [2.75, 3.05) is 25.5 Å². The van der Waals surface area contributed by atoms with Crippen LogP contribution in [0.1, 0.15) is 40.9 Å². The van der Waals surface area contributed by atoms with Crippen molar-refractivity contribution in [1.29, 1.82) is 0 Å². The first-order valence-electron chi connectivity index (χ1n) is 8.98. The number of hydrogen-bond acceptors (Lipinski definition) is 4. The van der Waals surface area contributed by atoms with Crippen LogP contribution in [-0.4, -0.2) is 36.7 Å². The number of aromatic nitrogens is 2. The predicted molar refractivity (Wildman–Crippen MR) is 97.9 cm³/mol. The first kappa shape index (κ1) is 16.1. The van der Waals surface area contributed by atoms with Crippen LogP contribution in [0.5, 0.6) is 0 Å². The molecule has 1 saturated carbocycles. The second-order valence-electron chi connectivity index (χ2n) is 7.45. The van der Waals surface area contributed by atoms with Crippen molar-refractivity contribution in [3.63, 3.8) is 0 Å². The number of carbonyl (C=O) groups is 1. The van der Waals surface area contributed by atoms with E-state index in [1.54, 1.807) is 6.07 Å². The third-order valence-corrected chi connectivity index (χ3v) is 5.71. The molecule has 2 aliphatic rings. The van der Waals surface area contributed by atoms with Gasteiger partial charge in [0.2, 0.25) is 0 Å². The van der Waals surface area contributed by atoms with E-state index in [-0.39, 0.29) is 5.91 Å². The maximum Gasteiger partial charge on any atom is 0.271 e. The van der Waals surface area contributed by atoms with Gasteiger partial charge in [-0.3, -0.25) is 4.79 Å². The van der Waals surface area contributed by atoms with Crippen molar-refractivity contribution >= 4 is 11.7 Å². The van der Waals surface area contributed by atoms with Crippen LogP contribution < -0.4 is 10.2 Å². The van der Waals surface area contributed by atoms with Gasteiger partial charge < -0.3 is 10.2 Å². The average molecular weight is 336 g/mol. The van der Waals surface area contributed by atoms with Gasteiger partial charge in [0.1, 0.15) is 0 Å². The van der Waals surface area contributed by atoms with Gasteiger partial charge in [0.15, 0.2) is 11.5 Å². The number of benzene rings is 1. The molecule has 0 unspecified atom stereocenters. The van der Waals surface area contributed by atoms with Crippen LogP contribution in [-0.2, 0) is 11.8 Å². The van der Waals surface area contributed by atoms with Gasteiger partial charge in [-0.2, -0.15) is 0 Å². The summed E-state index contributed by atoms with van der Waals surface area (Å²) in [6, 6.07) is 12.4. The normalized spacial score (nSPS) is 23.8. The number of aryl methyl sites for hydroxylation is 1. The van der Waals surface area contributed by atoms with Gasteiger partial charge in [-0.15, -0.1) is 10.2 Å². The Bertz CT molecular complexity index is 787. The van der Waals surface area contributed by atoms with Gasteiger partial charge in [-0.05, 0) is 54.9 Å². The summed E-state index contributed by atoms with van der Waals surface area (Å²) in [7, 11) is 3.80. The molecule has 0 bridgehead atoms. The molecule has 1 spiro atoms. The van der Waals surface area contributed by atoms with E-state index in [4.69, 9.17) is 0 Å². The van der Waals surface area contributed by atoms with Crippen LogP contribution in [0.25, 0.3) is 0 Å². The van der Waals surface area contributed by atoms with Crippen LogP contribution in [0.4, 0.5) is 5.82 Å². The topological polar surface area (TPSA) is 58.1 Å². The van der Waals surface area contributed by atoms with Gasteiger partial charge in [0.25, 0.3) is 5.91 Å². The SMILES string of the molecule is CN(C)c1ccc(C(=O)NC[C@@H]2C[C@]23CCCc2ccccc23)nn1. The molecule has 1 aromatic heterocycles. The first-order valence-corrected chi connectivity index (χ1v) is 8.98. The maximum atomic E-state index is 12.3. The molecular formula is C20H24N4O. The van der Waals surface area contributed by atoms with Gasteiger partial charge in [0.05, 0.1) is 0 Å². The number of amides is 1. The molecular weight excluding hydrogens is 312 g/mol. The Morgan fingerprint density at radius 2 is 2.08 bits per heavy atom. The smallest absolute Gasteiger partial charge is 0.271 e. The lowest BCUT2D eigenvalue weighted by Crippen LogP contribution is -2.30. The summed E-state index contributed by atoms with van der Waals surface area (Å²) in [6.07, 6.45) is 4.85. The summed E-state index contributed by atoms with van der Waals surface area (Å²) in [5.74, 6) is 1.15. The molecule has 1 amide bonds. The Hall–Kier alpha value is -2.43. The Labute approximate surface area is 148 Å². The highest BCUT2D eigenvalue weighted by Crippen LogP contribution is 2.59. The summed E-state index contributed by atoms with van der Waals surface area (Å²) >= 11 is 0. The predicted octanol–water partition coefficient (Wildman–Crippen LogP) is 2.57. The van der Waals surface area contributed by atoms with Gasteiger partial charge in [-0.1, -0.05) is 24.3 Å². The molecule has 2 atom stereocenters. The van der Waals surface area contributed by atoms with Crippen molar-refractivity contribution in [3.8, 4) is 0 Å². The minimum absolute atomic E-state index is 0.135. The van der Waals surface area contributed by atoms with E-state index in [9.17, 15) is 4.79 Å². The van der Waals surface area contributed by atoms with Gasteiger partial charge in [0, 0.05) is 26.1 Å². The number of carbonyl (C=O) groups excluding carboxylic acids is 1. The number of anilines is 1. The van der Waals surface area contributed by atoms with E-state index in [2.05, 4.69) is 39.8 Å². The van der Waals surface area contributed by atoms with E-state index >= 15 is 0 Å². The van der Waals surface area contributed by atoms with E-state index in [0.29, 0.717) is 23.6 Å². The third kappa shape index (κ3) is 2.88. The zero-order valence-electron chi connectivity index (χ0n) is 14.8. The average Bonchev–Trinajstić information content (AvgIpc) is 3.33. The van der Waals surface area contributed by atoms with Gasteiger partial charge in [-0.25, -0.2) is 0 Å². The lowest BCUT2D eigenvalue weighted by Gasteiger charge is -2.26. The first-order chi connectivity index (χ1) is 12.1. The molecule has 25 heavy (non-hydrogen) atoms. The standard InChI is InChI=1S/C20H24N4O/c1-24(2)18-10-9-17(22-23-18)19(25)21-13-15-12-20(15)11-5-7-14-6-3-4-8-16(14)20/h3-4,6,8-10,15H,5,7,11-13H2,1-2H3,(H,21,25)/t15-,20+/m0/s1. The molecule has 1 aromatic carbocycles. The van der Waals surface area contributed by atoms with Crippen LogP contribution in [0.3, 0.4) is 0 Å². The van der Waals surface area contributed by atoms with Gasteiger partial charge >= 0.3 is 0 Å². The van der Waals surface area contributed by atoms with Crippen molar-refractivity contribution in [2.24, 2.45) is 5.92 Å². The highest BCUT2D eigenvalue weighted by Gasteiger charge is 2.56. The second-order valence-corrected chi connectivity index (χ2v) is 7.45. The molecule has 1 fully saturated rings. The molecule has 0 radical (unpaired) electrons. The van der Waals surface area contributed by atoms with E-state index in [0.717, 1.165) is 5.82 Å². The monoisotopic (exact) mass is 336 g/mol. The fourth-order valence-corrected chi connectivity index (χ4v) is 4.23. The molecule has 2 aliphatic carbocycles. The Morgan fingerprint density at radius 1 is 1.24 bits per heavy atom. The summed E-state index contributed by atoms with van der Waals surface area (Å²) < 4.78 is 0. The fraction of sp³-hybridized carbons (Fsp3) is 0.450. The molecule has 0 aliphatic heterocycles. The number of nitrogens with one attached hydrogen (secondary N) is 1. The molecule has 1 N–H and O–H groups in total. The second kappa shape index (κ2) is 6.14. The fourth-order valence-electron chi connectivity index (χ4n) is 4.23. The van der Waals surface area contributed by atoms with E-state index in [1.807, 2.05) is 25.1 Å². The van der Waals surface area contributed by atoms with Crippen molar-refractivity contribution in [1.82, 2.24) is 15.5 Å². The minimum atomic E-state index is -0.135. The Morgan fingerprint density at radius 3 is 2.84 bits per heavy atom. The van der Waals surface area contributed by atoms with E-state index < -0.39 is 0 Å². The Kier molecular flexibility index (Phi) is 3.94. The number of rotatable bonds is 4. The highest BCUT2D eigenvalue weighted by molar-refractivity contribution is 5.92. The van der Waals surface area contributed by atoms with E-state index in [1.165, 1.54) is 36.8 Å². The maximum absolute atomic E-state index is 12.3. The van der Waals surface area contributed by atoms with Crippen molar-refractivity contribution in [3.05, 3.63) is 53.2 Å². The summed E-state index contributed by atoms with van der Waals surface area (Å²) in [5.41, 5.74) is 3.68. The molecule has 0 saturated heterocycles. The highest BCUT2D eigenvalue weighted by atomic mass is 16.1. The molecule has 2 aromatic rings. The zero-order chi connectivity index (χ0) is 17.4. The summed E-state index contributed by atoms with van der Waals surface area (Å²) in [5, 5.41) is 11.2. The molecule has 5 nitrogen and oxygen atoms in total. The molecule has 130 valence electrons. The van der Waals surface area contributed by atoms with Crippen molar-refractivity contribution < 1.29 is 4.79 Å². The number of fused-ring (bicyclic) bond motifs is 2.